The van der Waals surface area contributed by atoms with Gasteiger partial charge >= 0.3 is 11.9 Å². The van der Waals surface area contributed by atoms with Crippen LogP contribution in [0.4, 0.5) is 0 Å². The van der Waals surface area contributed by atoms with Gasteiger partial charge in [-0.05, 0) is 77.0 Å². The largest absolute Gasteiger partial charge is 0.480 e. The van der Waals surface area contributed by atoms with E-state index in [-0.39, 0.29) is 24.5 Å². The molecule has 0 fully saturated rings. The van der Waals surface area contributed by atoms with E-state index in [9.17, 15) is 19.2 Å². The number of carbonyl (C=O) groups excluding carboxylic acids is 3. The van der Waals surface area contributed by atoms with Crippen LogP contribution in [-0.2, 0) is 23.9 Å². The van der Waals surface area contributed by atoms with Crippen molar-refractivity contribution in [2.75, 3.05) is 13.2 Å². The molecule has 0 radical (unpaired) electrons. The molecule has 2 atom stereocenters. The number of carboxylic acids is 1. The molecular formula is C53H96N2O7. The molecular weight excluding hydrogens is 777 g/mol. The highest BCUT2D eigenvalue weighted by Gasteiger charge is 2.19. The van der Waals surface area contributed by atoms with Gasteiger partial charge < -0.3 is 25.6 Å². The minimum absolute atomic E-state index is 0.0159. The van der Waals surface area contributed by atoms with E-state index in [1.54, 1.807) is 0 Å². The predicted molar refractivity (Wildman–Crippen MR) is 259 cm³/mol. The van der Waals surface area contributed by atoms with Gasteiger partial charge in [-0.1, -0.05) is 198 Å². The second-order valence-electron chi connectivity index (χ2n) is 17.6. The number of aliphatic hydroxyl groups excluding tert-OH is 1. The molecule has 2 amide bonds. The van der Waals surface area contributed by atoms with E-state index >= 15 is 0 Å². The van der Waals surface area contributed by atoms with E-state index in [2.05, 4.69) is 60.9 Å². The summed E-state index contributed by atoms with van der Waals surface area (Å²) >= 11 is 0. The van der Waals surface area contributed by atoms with E-state index in [4.69, 9.17) is 14.9 Å². The topological polar surface area (TPSA) is 142 Å². The highest BCUT2D eigenvalue weighted by Crippen LogP contribution is 2.19. The van der Waals surface area contributed by atoms with Gasteiger partial charge in [-0.25, -0.2) is 4.79 Å². The van der Waals surface area contributed by atoms with Crippen molar-refractivity contribution in [1.29, 1.82) is 0 Å². The zero-order chi connectivity index (χ0) is 45.4. The molecule has 0 aromatic rings. The minimum Gasteiger partial charge on any atom is -0.480 e. The first kappa shape index (κ1) is 59.1. The Morgan fingerprint density at radius 1 is 0.484 bits per heavy atom. The Kier molecular flexibility index (Phi) is 45.3. The quantitative estimate of drug-likeness (QED) is 0.0271. The summed E-state index contributed by atoms with van der Waals surface area (Å²) in [6.45, 7) is 3.49. The first-order chi connectivity index (χ1) is 30.3. The number of allylic oxidation sites excluding steroid dienone is 6. The third-order valence-corrected chi connectivity index (χ3v) is 11.6. The average Bonchev–Trinajstić information content (AvgIpc) is 3.26. The van der Waals surface area contributed by atoms with Crippen molar-refractivity contribution < 1.29 is 34.1 Å². The number of rotatable bonds is 47. The summed E-state index contributed by atoms with van der Waals surface area (Å²) in [5.41, 5.74) is 0. The van der Waals surface area contributed by atoms with Crippen LogP contribution in [-0.4, -0.2) is 59.3 Å². The van der Waals surface area contributed by atoms with Gasteiger partial charge in [0.25, 0.3) is 0 Å². The summed E-state index contributed by atoms with van der Waals surface area (Å²) in [7, 11) is 0. The normalized spacial score (nSPS) is 12.7. The number of esters is 1. The van der Waals surface area contributed by atoms with E-state index < -0.39 is 24.5 Å². The van der Waals surface area contributed by atoms with E-state index in [1.165, 1.54) is 148 Å². The van der Waals surface area contributed by atoms with Crippen molar-refractivity contribution in [1.82, 2.24) is 10.6 Å². The summed E-state index contributed by atoms with van der Waals surface area (Å²) in [5, 5.41) is 22.6. The number of ether oxygens (including phenoxy) is 1. The lowest BCUT2D eigenvalue weighted by atomic mass is 10.0. The zero-order valence-corrected chi connectivity index (χ0v) is 40.1. The third-order valence-electron chi connectivity index (χ3n) is 11.6. The van der Waals surface area contributed by atoms with Crippen molar-refractivity contribution in [2.24, 2.45) is 0 Å². The van der Waals surface area contributed by atoms with Gasteiger partial charge in [-0.15, -0.1) is 0 Å². The fraction of sp³-hybridized carbons (Fsp3) is 0.811. The second kappa shape index (κ2) is 47.5. The lowest BCUT2D eigenvalue weighted by Gasteiger charge is -2.18. The highest BCUT2D eigenvalue weighted by molar-refractivity contribution is 5.87. The number of amides is 2. The van der Waals surface area contributed by atoms with Crippen LogP contribution in [0.5, 0.6) is 0 Å². The molecule has 0 saturated carbocycles. The minimum atomic E-state index is -1.38. The molecule has 360 valence electrons. The summed E-state index contributed by atoms with van der Waals surface area (Å²) in [5.74, 6) is -2.29. The van der Waals surface area contributed by atoms with Crippen LogP contribution in [0.15, 0.2) is 36.5 Å². The van der Waals surface area contributed by atoms with Crippen LogP contribution in [0.3, 0.4) is 0 Å². The van der Waals surface area contributed by atoms with Crippen molar-refractivity contribution in [3.63, 3.8) is 0 Å². The van der Waals surface area contributed by atoms with E-state index in [1.807, 2.05) is 0 Å². The SMILES string of the molecule is CCCCCCC/C=C\C/C=C\C/C=C\CCCCCCCCCCC(=O)OC(CCCCCCCCCCCCC)CCCCCCCC(=O)NCC(=O)NC(CO)C(=O)O. The molecule has 0 aliphatic carbocycles. The molecule has 9 heteroatoms. The highest BCUT2D eigenvalue weighted by atomic mass is 16.5. The first-order valence-corrected chi connectivity index (χ1v) is 25.9. The smallest absolute Gasteiger partial charge is 0.328 e. The van der Waals surface area contributed by atoms with Gasteiger partial charge in [0.15, 0.2) is 0 Å². The zero-order valence-electron chi connectivity index (χ0n) is 40.1. The summed E-state index contributed by atoms with van der Waals surface area (Å²) in [6.07, 6.45) is 56.1. The number of carboxylic acid groups (broad SMARTS) is 1. The Morgan fingerprint density at radius 2 is 0.871 bits per heavy atom. The van der Waals surface area contributed by atoms with E-state index in [0.717, 1.165) is 70.6 Å². The number of unbranched alkanes of at least 4 members (excludes halogenated alkanes) is 27. The lowest BCUT2D eigenvalue weighted by molar-refractivity contribution is -0.150. The molecule has 0 rings (SSSR count). The van der Waals surface area contributed by atoms with Crippen LogP contribution < -0.4 is 10.6 Å². The molecule has 9 nitrogen and oxygen atoms in total. The Hall–Kier alpha value is -2.94. The molecule has 0 heterocycles. The Bertz CT molecular complexity index is 1140. The van der Waals surface area contributed by atoms with Crippen molar-refractivity contribution in [3.8, 4) is 0 Å². The third kappa shape index (κ3) is 43.7. The van der Waals surface area contributed by atoms with Crippen molar-refractivity contribution in [3.05, 3.63) is 36.5 Å². The Labute approximate surface area is 380 Å². The van der Waals surface area contributed by atoms with Crippen LogP contribution in [0.1, 0.15) is 251 Å². The fourth-order valence-electron chi connectivity index (χ4n) is 7.66. The van der Waals surface area contributed by atoms with Crippen LogP contribution >= 0.6 is 0 Å². The summed E-state index contributed by atoms with van der Waals surface area (Å²) in [4.78, 5) is 47.8. The molecule has 0 aromatic heterocycles. The van der Waals surface area contributed by atoms with Crippen molar-refractivity contribution in [2.45, 2.75) is 264 Å². The molecule has 0 spiro atoms. The maximum atomic E-state index is 12.9. The van der Waals surface area contributed by atoms with Gasteiger partial charge in [0.1, 0.15) is 12.1 Å². The maximum Gasteiger partial charge on any atom is 0.328 e. The predicted octanol–water partition coefficient (Wildman–Crippen LogP) is 13.7. The first-order valence-electron chi connectivity index (χ1n) is 25.9. The Morgan fingerprint density at radius 3 is 1.31 bits per heavy atom. The standard InChI is InChI=1S/C53H96N2O7/c1-3-5-7-9-11-13-15-16-17-18-19-20-21-22-23-24-25-26-28-30-32-37-41-45-52(59)62-48(42-38-34-31-29-27-14-12-10-8-6-4-2)43-39-35-33-36-40-44-50(57)54-46-51(58)55-49(47-56)53(60)61/h15-16,18-19,21-22,48-49,56H,3-14,17,20,23-47H2,1-2H3,(H,54,57)(H,55,58)(H,60,61)/b16-15-,19-18-,22-21-. The second-order valence-corrected chi connectivity index (χ2v) is 17.6. The molecule has 0 aliphatic heterocycles. The molecule has 0 saturated heterocycles. The number of hydrogen-bond acceptors (Lipinski definition) is 6. The number of nitrogens with one attached hydrogen (secondary N) is 2. The number of aliphatic hydroxyl groups is 1. The fourth-order valence-corrected chi connectivity index (χ4v) is 7.66. The molecule has 62 heavy (non-hydrogen) atoms. The van der Waals surface area contributed by atoms with Crippen LogP contribution in [0.2, 0.25) is 0 Å². The summed E-state index contributed by atoms with van der Waals surface area (Å²) in [6, 6.07) is -1.38. The number of hydrogen-bond donors (Lipinski definition) is 4. The van der Waals surface area contributed by atoms with Gasteiger partial charge in [-0.3, -0.25) is 14.4 Å². The van der Waals surface area contributed by atoms with Gasteiger partial charge in [0, 0.05) is 12.8 Å². The molecule has 0 aromatic carbocycles. The van der Waals surface area contributed by atoms with Crippen molar-refractivity contribution >= 4 is 23.8 Å². The molecule has 2 unspecified atom stereocenters. The Balaban J connectivity index is 4.20. The molecule has 0 bridgehead atoms. The molecule has 0 aliphatic rings. The van der Waals surface area contributed by atoms with Crippen LogP contribution in [0, 0.1) is 0 Å². The number of aliphatic carboxylic acids is 1. The monoisotopic (exact) mass is 873 g/mol. The number of carbonyl (C=O) groups is 4. The summed E-state index contributed by atoms with van der Waals surface area (Å²) < 4.78 is 6.06. The van der Waals surface area contributed by atoms with Gasteiger partial charge in [-0.2, -0.15) is 0 Å². The lowest BCUT2D eigenvalue weighted by Crippen LogP contribution is -2.47. The maximum absolute atomic E-state index is 12.9. The van der Waals surface area contributed by atoms with Crippen LogP contribution in [0.25, 0.3) is 0 Å². The van der Waals surface area contributed by atoms with Gasteiger partial charge in [0.05, 0.1) is 13.2 Å². The molecule has 4 N–H and O–H groups in total. The van der Waals surface area contributed by atoms with E-state index in [0.29, 0.717) is 19.3 Å². The average molecular weight is 873 g/mol. The van der Waals surface area contributed by atoms with Gasteiger partial charge in [0.2, 0.25) is 11.8 Å².